The molecular weight excluding hydrogens is 472 g/mol. The number of aromatic nitrogens is 3. The number of hydrogen-bond donors (Lipinski definition) is 2. The van der Waals surface area contributed by atoms with Gasteiger partial charge >= 0.3 is 0 Å². The molecule has 12 heteroatoms. The van der Waals surface area contributed by atoms with E-state index in [9.17, 15) is 23.3 Å². The first-order chi connectivity index (χ1) is 16.7. The number of carbonyl (C=O) groups excluding carboxylic acids is 1. The molecule has 0 aliphatic carbocycles. The van der Waals surface area contributed by atoms with E-state index in [1.807, 2.05) is 24.3 Å². The van der Waals surface area contributed by atoms with Crippen molar-refractivity contribution in [2.45, 2.75) is 18.4 Å². The molecule has 1 heterocycles. The number of nitro groups is 1. The number of benzene rings is 3. The van der Waals surface area contributed by atoms with E-state index in [2.05, 4.69) is 20.1 Å². The Morgan fingerprint density at radius 3 is 2.40 bits per heavy atom. The molecule has 0 unspecified atom stereocenters. The summed E-state index contributed by atoms with van der Waals surface area (Å²) in [7, 11) is -4.05. The Kier molecular flexibility index (Phi) is 6.55. The third kappa shape index (κ3) is 5.50. The molecule has 0 bridgehead atoms. The third-order valence-corrected chi connectivity index (χ3v) is 6.54. The number of aryl methyl sites for hydroxylation is 1. The minimum absolute atomic E-state index is 0.216. The van der Waals surface area contributed by atoms with Crippen molar-refractivity contribution in [3.63, 3.8) is 0 Å². The average molecular weight is 493 g/mol. The van der Waals surface area contributed by atoms with Crippen LogP contribution in [0.5, 0.6) is 0 Å². The molecule has 0 radical (unpaired) electrons. The summed E-state index contributed by atoms with van der Waals surface area (Å²) in [6, 6.07) is 17.0. The molecule has 4 rings (SSSR count). The van der Waals surface area contributed by atoms with E-state index in [0.29, 0.717) is 17.7 Å². The summed E-state index contributed by atoms with van der Waals surface area (Å²) in [6.45, 7) is 1.83. The lowest BCUT2D eigenvalue weighted by Crippen LogP contribution is -2.22. The van der Waals surface area contributed by atoms with Crippen LogP contribution in [0.2, 0.25) is 0 Å². The Morgan fingerprint density at radius 1 is 1.06 bits per heavy atom. The summed E-state index contributed by atoms with van der Waals surface area (Å²) in [5, 5.41) is 18.0. The molecule has 0 spiro atoms. The van der Waals surface area contributed by atoms with Crippen molar-refractivity contribution in [2.75, 3.05) is 4.72 Å². The Balaban J connectivity index is 1.38. The number of anilines is 1. The Hall–Kier alpha value is -4.58. The fraction of sp³-hybridized carbons (Fsp3) is 0.0870. The predicted octanol–water partition coefficient (Wildman–Crippen LogP) is 3.21. The van der Waals surface area contributed by atoms with Crippen LogP contribution in [-0.2, 0) is 16.6 Å². The molecule has 1 aromatic heterocycles. The van der Waals surface area contributed by atoms with Crippen molar-refractivity contribution in [3.05, 3.63) is 106 Å². The SMILES string of the molecule is Cc1ccc(S(=O)(=O)Nc2ccc(C(=O)NCc3ccc(-n4cncn4)cc3)cc2)cc1[N+](=O)[O-]. The van der Waals surface area contributed by atoms with Gasteiger partial charge in [0, 0.05) is 29.4 Å². The van der Waals surface area contributed by atoms with Crippen molar-refractivity contribution >= 4 is 27.3 Å². The molecule has 0 fully saturated rings. The maximum atomic E-state index is 12.6. The van der Waals surface area contributed by atoms with Crippen LogP contribution < -0.4 is 10.0 Å². The van der Waals surface area contributed by atoms with E-state index in [-0.39, 0.29) is 22.2 Å². The molecule has 1 amide bonds. The van der Waals surface area contributed by atoms with Gasteiger partial charge in [0.2, 0.25) is 0 Å². The Morgan fingerprint density at radius 2 is 1.77 bits per heavy atom. The van der Waals surface area contributed by atoms with Crippen molar-refractivity contribution in [2.24, 2.45) is 0 Å². The monoisotopic (exact) mass is 492 g/mol. The number of hydrogen-bond acceptors (Lipinski definition) is 7. The number of sulfonamides is 1. The number of carbonyl (C=O) groups is 1. The Bertz CT molecular complexity index is 1470. The molecule has 0 saturated carbocycles. The summed E-state index contributed by atoms with van der Waals surface area (Å²) in [6.07, 6.45) is 3.03. The summed E-state index contributed by atoms with van der Waals surface area (Å²) in [4.78, 5) is 26.6. The second kappa shape index (κ2) is 9.73. The van der Waals surface area contributed by atoms with Gasteiger partial charge in [0.05, 0.1) is 15.5 Å². The lowest BCUT2D eigenvalue weighted by Gasteiger charge is -2.10. The zero-order valence-corrected chi connectivity index (χ0v) is 19.3. The second-order valence-corrected chi connectivity index (χ2v) is 9.26. The summed E-state index contributed by atoms with van der Waals surface area (Å²) in [5.74, 6) is -0.325. The van der Waals surface area contributed by atoms with Crippen molar-refractivity contribution in [1.82, 2.24) is 20.1 Å². The lowest BCUT2D eigenvalue weighted by molar-refractivity contribution is -0.385. The first-order valence-corrected chi connectivity index (χ1v) is 11.8. The highest BCUT2D eigenvalue weighted by atomic mass is 32.2. The van der Waals surface area contributed by atoms with Gasteiger partial charge in [-0.25, -0.2) is 18.1 Å². The molecule has 0 aliphatic heterocycles. The highest BCUT2D eigenvalue weighted by Crippen LogP contribution is 2.24. The zero-order chi connectivity index (χ0) is 25.0. The number of rotatable bonds is 8. The predicted molar refractivity (Wildman–Crippen MR) is 128 cm³/mol. The van der Waals surface area contributed by atoms with Crippen molar-refractivity contribution < 1.29 is 18.1 Å². The van der Waals surface area contributed by atoms with E-state index in [1.54, 1.807) is 11.0 Å². The maximum Gasteiger partial charge on any atom is 0.273 e. The van der Waals surface area contributed by atoms with Gasteiger partial charge < -0.3 is 5.32 Å². The van der Waals surface area contributed by atoms with Gasteiger partial charge in [0.25, 0.3) is 21.6 Å². The van der Waals surface area contributed by atoms with Gasteiger partial charge in [-0.15, -0.1) is 0 Å². The lowest BCUT2D eigenvalue weighted by atomic mass is 10.1. The number of nitrogens with one attached hydrogen (secondary N) is 2. The molecular formula is C23H20N6O5S. The number of nitrogens with zero attached hydrogens (tertiary/aromatic N) is 4. The van der Waals surface area contributed by atoms with Crippen LogP contribution in [0.4, 0.5) is 11.4 Å². The van der Waals surface area contributed by atoms with Gasteiger partial charge in [0.15, 0.2) is 0 Å². The van der Waals surface area contributed by atoms with Crippen molar-refractivity contribution in [1.29, 1.82) is 0 Å². The first kappa shape index (κ1) is 23.6. The quantitative estimate of drug-likeness (QED) is 0.283. The standard InChI is InChI=1S/C23H20N6O5S/c1-16-2-11-21(12-22(16)29(31)32)35(33,34)27-19-7-5-18(6-8-19)23(30)25-13-17-3-9-20(10-4-17)28-15-24-14-26-28/h2-12,14-15,27H,13H2,1H3,(H,25,30). The molecule has 3 aromatic carbocycles. The first-order valence-electron chi connectivity index (χ1n) is 10.3. The number of nitro benzene ring substituents is 1. The largest absolute Gasteiger partial charge is 0.348 e. The summed E-state index contributed by atoms with van der Waals surface area (Å²) >= 11 is 0. The van der Waals surface area contributed by atoms with Crippen LogP contribution in [0.1, 0.15) is 21.5 Å². The molecule has 0 atom stereocenters. The van der Waals surface area contributed by atoms with Crippen LogP contribution in [0.3, 0.4) is 0 Å². The minimum Gasteiger partial charge on any atom is -0.348 e. The van der Waals surface area contributed by atoms with Gasteiger partial charge in [-0.05, 0) is 55.0 Å². The third-order valence-electron chi connectivity index (χ3n) is 5.16. The molecule has 0 saturated heterocycles. The summed E-state index contributed by atoms with van der Waals surface area (Å²) in [5.41, 5.74) is 2.37. The van der Waals surface area contributed by atoms with Crippen LogP contribution in [-0.4, -0.2) is 34.0 Å². The van der Waals surface area contributed by atoms with E-state index in [4.69, 9.17) is 0 Å². The van der Waals surface area contributed by atoms with Crippen LogP contribution in [0.15, 0.2) is 84.3 Å². The minimum atomic E-state index is -4.05. The fourth-order valence-corrected chi connectivity index (χ4v) is 4.33. The highest BCUT2D eigenvalue weighted by Gasteiger charge is 2.20. The maximum absolute atomic E-state index is 12.6. The second-order valence-electron chi connectivity index (χ2n) is 7.58. The van der Waals surface area contributed by atoms with E-state index in [1.165, 1.54) is 49.6 Å². The molecule has 11 nitrogen and oxygen atoms in total. The van der Waals surface area contributed by atoms with E-state index in [0.717, 1.165) is 17.3 Å². The van der Waals surface area contributed by atoms with Crippen LogP contribution in [0, 0.1) is 17.0 Å². The average Bonchev–Trinajstić information content (AvgIpc) is 3.38. The van der Waals surface area contributed by atoms with Gasteiger partial charge in [0.1, 0.15) is 12.7 Å². The molecule has 4 aromatic rings. The van der Waals surface area contributed by atoms with Crippen LogP contribution in [0.25, 0.3) is 5.69 Å². The molecule has 0 aliphatic rings. The highest BCUT2D eigenvalue weighted by molar-refractivity contribution is 7.92. The molecule has 178 valence electrons. The van der Waals surface area contributed by atoms with Crippen molar-refractivity contribution in [3.8, 4) is 5.69 Å². The fourth-order valence-electron chi connectivity index (χ4n) is 3.25. The Labute approximate surface area is 200 Å². The van der Waals surface area contributed by atoms with E-state index < -0.39 is 14.9 Å². The molecule has 35 heavy (non-hydrogen) atoms. The van der Waals surface area contributed by atoms with Gasteiger partial charge in [-0.2, -0.15) is 5.10 Å². The smallest absolute Gasteiger partial charge is 0.273 e. The number of amides is 1. The normalized spacial score (nSPS) is 11.1. The van der Waals surface area contributed by atoms with Gasteiger partial charge in [-0.3, -0.25) is 19.6 Å². The molecule has 2 N–H and O–H groups in total. The van der Waals surface area contributed by atoms with E-state index >= 15 is 0 Å². The summed E-state index contributed by atoms with van der Waals surface area (Å²) < 4.78 is 29.3. The zero-order valence-electron chi connectivity index (χ0n) is 18.5. The van der Waals surface area contributed by atoms with Gasteiger partial charge in [-0.1, -0.05) is 18.2 Å². The topological polar surface area (TPSA) is 149 Å². The van der Waals surface area contributed by atoms with Crippen LogP contribution >= 0.6 is 0 Å².